The molecule has 2 amide bonds. The number of allylic oxidation sites excluding steroid dienone is 1. The molecule has 0 bridgehead atoms. The minimum absolute atomic E-state index is 0.133. The number of hydrogen-bond donors (Lipinski definition) is 3. The first-order valence-electron chi connectivity index (χ1n) is 7.81. The summed E-state index contributed by atoms with van der Waals surface area (Å²) >= 11 is 0. The van der Waals surface area contributed by atoms with Crippen molar-refractivity contribution in [2.24, 2.45) is 0 Å². The van der Waals surface area contributed by atoms with Gasteiger partial charge in [0, 0.05) is 6.42 Å². The van der Waals surface area contributed by atoms with Crippen molar-refractivity contribution in [2.75, 3.05) is 6.61 Å². The SMILES string of the molecule is O=C(O)N[C@@H]1C/C=C/CCC(=O)N[C@H](c2ccc(F)cc2)COC1=O. The fourth-order valence-electron chi connectivity index (χ4n) is 2.38. The molecule has 2 rings (SSSR count). The summed E-state index contributed by atoms with van der Waals surface area (Å²) < 4.78 is 18.3. The molecule has 25 heavy (non-hydrogen) atoms. The second-order valence-corrected chi connectivity index (χ2v) is 5.55. The standard InChI is InChI=1S/C17H19FN2O5/c18-12-8-6-11(7-9-12)14-10-25-16(22)13(20-17(23)24)4-2-1-3-5-15(21)19-14/h1-2,6-9,13-14,20H,3-5,10H2,(H,19,21)(H,23,24)/b2-1+/t13-,14+/m1/s1. The fourth-order valence-corrected chi connectivity index (χ4v) is 2.38. The maximum absolute atomic E-state index is 13.1. The van der Waals surface area contributed by atoms with E-state index >= 15 is 0 Å². The highest BCUT2D eigenvalue weighted by atomic mass is 19.1. The Hall–Kier alpha value is -2.90. The molecule has 0 aliphatic carbocycles. The molecule has 3 N–H and O–H groups in total. The van der Waals surface area contributed by atoms with Crippen LogP contribution in [0.3, 0.4) is 0 Å². The zero-order valence-electron chi connectivity index (χ0n) is 13.4. The largest absolute Gasteiger partial charge is 0.465 e. The predicted molar refractivity (Wildman–Crippen MR) is 86.2 cm³/mol. The summed E-state index contributed by atoms with van der Waals surface area (Å²) in [6.07, 6.45) is 2.83. The van der Waals surface area contributed by atoms with Gasteiger partial charge in [0.1, 0.15) is 18.5 Å². The van der Waals surface area contributed by atoms with Crippen molar-refractivity contribution in [3.05, 3.63) is 47.8 Å². The zero-order chi connectivity index (χ0) is 18.2. The Morgan fingerprint density at radius 2 is 1.96 bits per heavy atom. The lowest BCUT2D eigenvalue weighted by atomic mass is 10.1. The first-order valence-corrected chi connectivity index (χ1v) is 7.81. The molecule has 0 unspecified atom stereocenters. The van der Waals surface area contributed by atoms with Crippen LogP contribution in [0.1, 0.15) is 30.9 Å². The van der Waals surface area contributed by atoms with Crippen LogP contribution >= 0.6 is 0 Å². The number of hydrogen-bond acceptors (Lipinski definition) is 4. The molecule has 1 aromatic rings. The van der Waals surface area contributed by atoms with Crippen LogP contribution in [-0.4, -0.2) is 35.7 Å². The molecule has 8 heteroatoms. The number of ether oxygens (including phenoxy) is 1. The monoisotopic (exact) mass is 350 g/mol. The van der Waals surface area contributed by atoms with Crippen LogP contribution < -0.4 is 10.6 Å². The molecule has 1 aliphatic heterocycles. The van der Waals surface area contributed by atoms with Gasteiger partial charge in [-0.05, 0) is 30.5 Å². The summed E-state index contributed by atoms with van der Waals surface area (Å²) in [5.41, 5.74) is 0.581. The van der Waals surface area contributed by atoms with Crippen LogP contribution in [0.4, 0.5) is 9.18 Å². The van der Waals surface area contributed by atoms with Crippen LogP contribution in [0.2, 0.25) is 0 Å². The van der Waals surface area contributed by atoms with Crippen LogP contribution in [-0.2, 0) is 14.3 Å². The third-order valence-electron chi connectivity index (χ3n) is 3.66. The summed E-state index contributed by atoms with van der Waals surface area (Å²) in [4.78, 5) is 34.9. The van der Waals surface area contributed by atoms with E-state index in [0.717, 1.165) is 0 Å². The van der Waals surface area contributed by atoms with Crippen molar-refractivity contribution in [2.45, 2.75) is 31.3 Å². The fraction of sp³-hybridized carbons (Fsp3) is 0.353. The Morgan fingerprint density at radius 1 is 1.24 bits per heavy atom. The average molecular weight is 350 g/mol. The second-order valence-electron chi connectivity index (χ2n) is 5.55. The molecule has 0 radical (unpaired) electrons. The van der Waals surface area contributed by atoms with Gasteiger partial charge in [-0.25, -0.2) is 14.0 Å². The molecule has 7 nitrogen and oxygen atoms in total. The van der Waals surface area contributed by atoms with Gasteiger partial charge in [0.05, 0.1) is 6.04 Å². The van der Waals surface area contributed by atoms with Gasteiger partial charge in [0.2, 0.25) is 5.91 Å². The van der Waals surface area contributed by atoms with Gasteiger partial charge in [0.15, 0.2) is 0 Å². The molecular formula is C17H19FN2O5. The second kappa shape index (κ2) is 8.81. The van der Waals surface area contributed by atoms with E-state index in [9.17, 15) is 18.8 Å². The average Bonchev–Trinajstić information content (AvgIpc) is 2.56. The maximum Gasteiger partial charge on any atom is 0.405 e. The van der Waals surface area contributed by atoms with Crippen molar-refractivity contribution in [3.63, 3.8) is 0 Å². The number of cyclic esters (lactones) is 1. The smallest absolute Gasteiger partial charge is 0.405 e. The number of carbonyl (C=O) groups excluding carboxylic acids is 2. The summed E-state index contributed by atoms with van der Waals surface area (Å²) in [6, 6.07) is 3.80. The molecule has 0 spiro atoms. The van der Waals surface area contributed by atoms with E-state index in [0.29, 0.717) is 12.0 Å². The molecule has 1 aliphatic rings. The summed E-state index contributed by atoms with van der Waals surface area (Å²) in [5, 5.41) is 13.7. The lowest BCUT2D eigenvalue weighted by Gasteiger charge is -2.21. The number of nitrogens with one attached hydrogen (secondary N) is 2. The first-order chi connectivity index (χ1) is 12.0. The predicted octanol–water partition coefficient (Wildman–Crippen LogP) is 1.90. The number of carbonyl (C=O) groups is 3. The van der Waals surface area contributed by atoms with Crippen LogP contribution in [0.5, 0.6) is 0 Å². The number of benzene rings is 1. The zero-order valence-corrected chi connectivity index (χ0v) is 13.4. The van der Waals surface area contributed by atoms with Gasteiger partial charge < -0.3 is 20.5 Å². The molecule has 2 atom stereocenters. The third kappa shape index (κ3) is 5.91. The van der Waals surface area contributed by atoms with E-state index in [-0.39, 0.29) is 25.4 Å². The normalized spacial score (nSPS) is 23.4. The first kappa shape index (κ1) is 18.4. The molecule has 134 valence electrons. The van der Waals surface area contributed by atoms with Gasteiger partial charge in [-0.3, -0.25) is 4.79 Å². The molecule has 1 heterocycles. The molecule has 0 saturated heterocycles. The maximum atomic E-state index is 13.1. The number of esters is 1. The van der Waals surface area contributed by atoms with Crippen molar-refractivity contribution in [3.8, 4) is 0 Å². The van der Waals surface area contributed by atoms with E-state index < -0.39 is 30.0 Å². The molecule has 0 aromatic heterocycles. The van der Waals surface area contributed by atoms with Crippen molar-refractivity contribution >= 4 is 18.0 Å². The van der Waals surface area contributed by atoms with E-state index in [1.165, 1.54) is 24.3 Å². The molecule has 0 fully saturated rings. The molecule has 1 aromatic carbocycles. The van der Waals surface area contributed by atoms with E-state index in [2.05, 4.69) is 10.6 Å². The summed E-state index contributed by atoms with van der Waals surface area (Å²) in [7, 11) is 0. The summed E-state index contributed by atoms with van der Waals surface area (Å²) in [6.45, 7) is -0.183. The molecular weight excluding hydrogens is 331 g/mol. The lowest BCUT2D eigenvalue weighted by Crippen LogP contribution is -2.42. The van der Waals surface area contributed by atoms with Crippen molar-refractivity contribution < 1.29 is 28.6 Å². The van der Waals surface area contributed by atoms with E-state index in [4.69, 9.17) is 9.84 Å². The Labute approximate surface area is 143 Å². The Morgan fingerprint density at radius 3 is 2.64 bits per heavy atom. The highest BCUT2D eigenvalue weighted by Gasteiger charge is 2.24. The van der Waals surface area contributed by atoms with Crippen LogP contribution in [0.15, 0.2) is 36.4 Å². The van der Waals surface area contributed by atoms with E-state index in [1.807, 2.05) is 0 Å². The lowest BCUT2D eigenvalue weighted by molar-refractivity contribution is -0.147. The minimum atomic E-state index is -1.33. The summed E-state index contributed by atoms with van der Waals surface area (Å²) in [5.74, 6) is -1.39. The number of amides is 2. The third-order valence-corrected chi connectivity index (χ3v) is 3.66. The van der Waals surface area contributed by atoms with E-state index in [1.54, 1.807) is 12.2 Å². The Bertz CT molecular complexity index is 660. The highest BCUT2D eigenvalue weighted by Crippen LogP contribution is 2.16. The van der Waals surface area contributed by atoms with Gasteiger partial charge in [0.25, 0.3) is 0 Å². The quantitative estimate of drug-likeness (QED) is 0.558. The highest BCUT2D eigenvalue weighted by molar-refractivity contribution is 5.81. The van der Waals surface area contributed by atoms with Crippen molar-refractivity contribution in [1.29, 1.82) is 0 Å². The van der Waals surface area contributed by atoms with Gasteiger partial charge in [-0.15, -0.1) is 0 Å². The Balaban J connectivity index is 2.17. The number of rotatable bonds is 2. The van der Waals surface area contributed by atoms with Crippen LogP contribution in [0, 0.1) is 5.82 Å². The van der Waals surface area contributed by atoms with Gasteiger partial charge in [-0.1, -0.05) is 24.3 Å². The Kier molecular flexibility index (Phi) is 6.50. The van der Waals surface area contributed by atoms with Gasteiger partial charge >= 0.3 is 12.1 Å². The van der Waals surface area contributed by atoms with Gasteiger partial charge in [-0.2, -0.15) is 0 Å². The minimum Gasteiger partial charge on any atom is -0.465 e. The van der Waals surface area contributed by atoms with Crippen LogP contribution in [0.25, 0.3) is 0 Å². The van der Waals surface area contributed by atoms with Crippen molar-refractivity contribution in [1.82, 2.24) is 10.6 Å². The number of halogens is 1. The topological polar surface area (TPSA) is 105 Å². The molecule has 0 saturated carbocycles. The number of carboxylic acid groups (broad SMARTS) is 1.